The normalized spacial score (nSPS) is 20.8. The lowest BCUT2D eigenvalue weighted by atomic mass is 10.1. The molecule has 6 heteroatoms. The summed E-state index contributed by atoms with van der Waals surface area (Å²) in [6, 6.07) is 5.56. The van der Waals surface area contributed by atoms with Gasteiger partial charge >= 0.3 is 0 Å². The number of hydrogen-bond acceptors (Lipinski definition) is 3. The molecule has 1 aromatic rings. The minimum absolute atomic E-state index is 0.137. The van der Waals surface area contributed by atoms with E-state index in [1.54, 1.807) is 10.5 Å². The zero-order valence-electron chi connectivity index (χ0n) is 10.8. The molecule has 106 valence electrons. The van der Waals surface area contributed by atoms with Crippen molar-refractivity contribution in [1.82, 2.24) is 9.29 Å². The maximum absolute atomic E-state index is 12.2. The summed E-state index contributed by atoms with van der Waals surface area (Å²) in [7, 11) is -3.16. The zero-order chi connectivity index (χ0) is 13.7. The average Bonchev–Trinajstić information content (AvgIpc) is 2.88. The molecule has 1 aromatic heterocycles. The number of rotatable bonds is 6. The fourth-order valence-corrected chi connectivity index (χ4v) is 4.20. The van der Waals surface area contributed by atoms with Gasteiger partial charge in [-0.3, -0.25) is 4.98 Å². The summed E-state index contributed by atoms with van der Waals surface area (Å²) in [5.41, 5.74) is 0.822. The molecule has 1 fully saturated rings. The molecule has 1 aliphatic heterocycles. The molecule has 2 rings (SSSR count). The van der Waals surface area contributed by atoms with E-state index in [1.165, 1.54) is 0 Å². The highest BCUT2D eigenvalue weighted by molar-refractivity contribution is 7.89. The molecule has 0 spiro atoms. The topological polar surface area (TPSA) is 50.3 Å². The Kier molecular flexibility index (Phi) is 5.19. The average molecular weight is 303 g/mol. The first kappa shape index (κ1) is 14.8. The third-order valence-electron chi connectivity index (χ3n) is 3.50. The van der Waals surface area contributed by atoms with Crippen molar-refractivity contribution < 1.29 is 8.42 Å². The van der Waals surface area contributed by atoms with Gasteiger partial charge in [0, 0.05) is 37.3 Å². The van der Waals surface area contributed by atoms with E-state index in [0.717, 1.165) is 18.5 Å². The number of aryl methyl sites for hydroxylation is 1. The Labute approximate surface area is 119 Å². The molecule has 0 radical (unpaired) electrons. The fourth-order valence-electron chi connectivity index (χ4n) is 2.35. The second-order valence-electron chi connectivity index (χ2n) is 4.88. The molecular formula is C13H19ClN2O2S. The summed E-state index contributed by atoms with van der Waals surface area (Å²) in [5, 5.41) is 0. The monoisotopic (exact) mass is 302 g/mol. The van der Waals surface area contributed by atoms with E-state index in [0.29, 0.717) is 31.3 Å². The fraction of sp³-hybridized carbons (Fsp3) is 0.615. The van der Waals surface area contributed by atoms with Crippen LogP contribution < -0.4 is 0 Å². The van der Waals surface area contributed by atoms with Crippen molar-refractivity contribution >= 4 is 21.6 Å². The number of halogens is 1. The first-order chi connectivity index (χ1) is 9.12. The molecule has 0 N–H and O–H groups in total. The van der Waals surface area contributed by atoms with Crippen LogP contribution in [0.2, 0.25) is 0 Å². The van der Waals surface area contributed by atoms with E-state index in [-0.39, 0.29) is 5.75 Å². The van der Waals surface area contributed by atoms with Crippen LogP contribution in [-0.4, -0.2) is 42.4 Å². The Bertz CT molecular complexity index is 493. The van der Waals surface area contributed by atoms with Gasteiger partial charge in [0.1, 0.15) is 0 Å². The number of nitrogens with zero attached hydrogens (tertiary/aromatic N) is 2. The number of hydrogen-bond donors (Lipinski definition) is 0. The number of alkyl halides is 1. The van der Waals surface area contributed by atoms with Gasteiger partial charge in [0.15, 0.2) is 0 Å². The van der Waals surface area contributed by atoms with Crippen LogP contribution in [0.5, 0.6) is 0 Å². The standard InChI is InChI=1S/C13H19ClN2O2S/c14-7-4-12-5-9-16(11-12)19(17,18)10-6-13-3-1-2-8-15-13/h1-3,8,12H,4-7,9-11H2. The zero-order valence-corrected chi connectivity index (χ0v) is 12.4. The van der Waals surface area contributed by atoms with Crippen LogP contribution in [0.15, 0.2) is 24.4 Å². The minimum Gasteiger partial charge on any atom is -0.261 e. The largest absolute Gasteiger partial charge is 0.261 e. The third-order valence-corrected chi connectivity index (χ3v) is 5.56. The van der Waals surface area contributed by atoms with Gasteiger partial charge in [-0.1, -0.05) is 6.07 Å². The van der Waals surface area contributed by atoms with Gasteiger partial charge < -0.3 is 0 Å². The maximum atomic E-state index is 12.2. The highest BCUT2D eigenvalue weighted by Gasteiger charge is 2.30. The van der Waals surface area contributed by atoms with Crippen LogP contribution in [-0.2, 0) is 16.4 Å². The summed E-state index contributed by atoms with van der Waals surface area (Å²) >= 11 is 5.71. The second-order valence-corrected chi connectivity index (χ2v) is 7.34. The van der Waals surface area contributed by atoms with Gasteiger partial charge in [-0.15, -0.1) is 11.6 Å². The van der Waals surface area contributed by atoms with Crippen LogP contribution in [0.4, 0.5) is 0 Å². The Hall–Kier alpha value is -0.650. The van der Waals surface area contributed by atoms with Crippen molar-refractivity contribution in [3.05, 3.63) is 30.1 Å². The summed E-state index contributed by atoms with van der Waals surface area (Å²) in [6.45, 7) is 1.25. The summed E-state index contributed by atoms with van der Waals surface area (Å²) < 4.78 is 26.0. The highest BCUT2D eigenvalue weighted by atomic mass is 35.5. The molecule has 0 aliphatic carbocycles. The lowest BCUT2D eigenvalue weighted by molar-refractivity contribution is 0.453. The Morgan fingerprint density at radius 2 is 2.26 bits per heavy atom. The van der Waals surface area contributed by atoms with E-state index in [9.17, 15) is 8.42 Å². The van der Waals surface area contributed by atoms with Gasteiger partial charge in [-0.2, -0.15) is 0 Å². The van der Waals surface area contributed by atoms with Crippen molar-refractivity contribution in [3.8, 4) is 0 Å². The van der Waals surface area contributed by atoms with Gasteiger partial charge in [0.25, 0.3) is 0 Å². The van der Waals surface area contributed by atoms with E-state index in [2.05, 4.69) is 4.98 Å². The predicted octanol–water partition coefficient (Wildman–Crippen LogP) is 1.90. The van der Waals surface area contributed by atoms with Crippen LogP contribution in [0.3, 0.4) is 0 Å². The molecule has 0 aromatic carbocycles. The summed E-state index contributed by atoms with van der Waals surface area (Å²) in [4.78, 5) is 4.15. The van der Waals surface area contributed by atoms with Crippen molar-refractivity contribution in [2.75, 3.05) is 24.7 Å². The second kappa shape index (κ2) is 6.68. The Morgan fingerprint density at radius 1 is 1.42 bits per heavy atom. The number of sulfonamides is 1. The molecular weight excluding hydrogens is 284 g/mol. The van der Waals surface area contributed by atoms with Gasteiger partial charge in [-0.05, 0) is 30.9 Å². The van der Waals surface area contributed by atoms with Crippen LogP contribution in [0.25, 0.3) is 0 Å². The van der Waals surface area contributed by atoms with E-state index >= 15 is 0 Å². The molecule has 1 unspecified atom stereocenters. The number of aromatic nitrogens is 1. The lowest BCUT2D eigenvalue weighted by Crippen LogP contribution is -2.31. The Balaban J connectivity index is 1.89. The lowest BCUT2D eigenvalue weighted by Gasteiger charge is -2.16. The van der Waals surface area contributed by atoms with Crippen LogP contribution in [0, 0.1) is 5.92 Å². The molecule has 0 amide bonds. The van der Waals surface area contributed by atoms with Gasteiger partial charge in [-0.25, -0.2) is 12.7 Å². The highest BCUT2D eigenvalue weighted by Crippen LogP contribution is 2.23. The van der Waals surface area contributed by atoms with E-state index < -0.39 is 10.0 Å². The molecule has 19 heavy (non-hydrogen) atoms. The van der Waals surface area contributed by atoms with Crippen molar-refractivity contribution in [2.24, 2.45) is 5.92 Å². The third kappa shape index (κ3) is 4.16. The molecule has 4 nitrogen and oxygen atoms in total. The SMILES string of the molecule is O=S(=O)(CCc1ccccn1)N1CCC(CCCl)C1. The first-order valence-electron chi connectivity index (χ1n) is 6.55. The van der Waals surface area contributed by atoms with E-state index in [4.69, 9.17) is 11.6 Å². The van der Waals surface area contributed by atoms with Gasteiger partial charge in [0.05, 0.1) is 5.75 Å². The van der Waals surface area contributed by atoms with Crippen molar-refractivity contribution in [1.29, 1.82) is 0 Å². The molecule has 1 saturated heterocycles. The number of pyridine rings is 1. The smallest absolute Gasteiger partial charge is 0.214 e. The molecule has 2 heterocycles. The maximum Gasteiger partial charge on any atom is 0.214 e. The van der Waals surface area contributed by atoms with Gasteiger partial charge in [0.2, 0.25) is 10.0 Å². The molecule has 0 bridgehead atoms. The Morgan fingerprint density at radius 3 is 2.95 bits per heavy atom. The quantitative estimate of drug-likeness (QED) is 0.754. The van der Waals surface area contributed by atoms with Crippen molar-refractivity contribution in [2.45, 2.75) is 19.3 Å². The first-order valence-corrected chi connectivity index (χ1v) is 8.70. The van der Waals surface area contributed by atoms with Crippen LogP contribution in [0.1, 0.15) is 18.5 Å². The predicted molar refractivity (Wildman–Crippen MR) is 76.7 cm³/mol. The minimum atomic E-state index is -3.16. The van der Waals surface area contributed by atoms with Crippen LogP contribution >= 0.6 is 11.6 Å². The molecule has 1 atom stereocenters. The van der Waals surface area contributed by atoms with E-state index in [1.807, 2.05) is 18.2 Å². The van der Waals surface area contributed by atoms with Crippen molar-refractivity contribution in [3.63, 3.8) is 0 Å². The molecule has 0 saturated carbocycles. The summed E-state index contributed by atoms with van der Waals surface area (Å²) in [6.07, 6.45) is 3.98. The molecule has 1 aliphatic rings. The summed E-state index contributed by atoms with van der Waals surface area (Å²) in [5.74, 6) is 1.16.